The maximum absolute atomic E-state index is 12.4. The minimum atomic E-state index is -3.69. The van der Waals surface area contributed by atoms with Crippen LogP contribution in [0.2, 0.25) is 10.0 Å². The summed E-state index contributed by atoms with van der Waals surface area (Å²) >= 11 is 12.1. The van der Waals surface area contributed by atoms with E-state index in [0.717, 1.165) is 32.0 Å². The molecule has 0 amide bonds. The van der Waals surface area contributed by atoms with E-state index in [4.69, 9.17) is 27.9 Å². The van der Waals surface area contributed by atoms with E-state index in [9.17, 15) is 8.42 Å². The number of hydrogen-bond donors (Lipinski definition) is 1. The van der Waals surface area contributed by atoms with Crippen LogP contribution in [0.4, 0.5) is 0 Å². The fourth-order valence-electron chi connectivity index (χ4n) is 2.75. The molecule has 0 aromatic heterocycles. The minimum absolute atomic E-state index is 0.0199. The number of ether oxygens (including phenoxy) is 1. The maximum Gasteiger partial charge on any atom is 0.242 e. The van der Waals surface area contributed by atoms with Gasteiger partial charge in [-0.15, -0.1) is 0 Å². The van der Waals surface area contributed by atoms with Crippen LogP contribution in [0.3, 0.4) is 0 Å². The van der Waals surface area contributed by atoms with Crippen molar-refractivity contribution >= 4 is 33.2 Å². The van der Waals surface area contributed by atoms with Crippen molar-refractivity contribution in [2.24, 2.45) is 5.92 Å². The first kappa shape index (κ1) is 19.8. The van der Waals surface area contributed by atoms with Crippen LogP contribution >= 0.6 is 23.2 Å². The molecule has 0 unspecified atom stereocenters. The predicted octanol–water partition coefficient (Wildman–Crippen LogP) is 3.40. The molecule has 0 saturated carbocycles. The molecule has 1 aliphatic heterocycles. The highest BCUT2D eigenvalue weighted by atomic mass is 35.5. The van der Waals surface area contributed by atoms with Gasteiger partial charge in [0.2, 0.25) is 10.0 Å². The molecule has 2 rings (SSSR count). The predicted molar refractivity (Wildman–Crippen MR) is 97.7 cm³/mol. The van der Waals surface area contributed by atoms with E-state index in [2.05, 4.69) is 16.5 Å². The molecule has 1 aromatic carbocycles. The molecule has 0 spiro atoms. The lowest BCUT2D eigenvalue weighted by Gasteiger charge is -2.30. The van der Waals surface area contributed by atoms with E-state index in [-0.39, 0.29) is 14.9 Å². The molecule has 1 aromatic rings. The third-order valence-electron chi connectivity index (χ3n) is 4.34. The van der Waals surface area contributed by atoms with Gasteiger partial charge in [0.25, 0.3) is 0 Å². The highest BCUT2D eigenvalue weighted by molar-refractivity contribution is 7.89. The lowest BCUT2D eigenvalue weighted by Crippen LogP contribution is -2.35. The zero-order valence-corrected chi connectivity index (χ0v) is 16.3. The topological polar surface area (TPSA) is 58.6 Å². The Bertz CT molecular complexity index is 660. The Hall–Kier alpha value is -0.530. The van der Waals surface area contributed by atoms with Crippen LogP contribution in [0, 0.1) is 5.92 Å². The lowest BCUT2D eigenvalue weighted by atomic mass is 9.99. The second kappa shape index (κ2) is 8.72. The molecular formula is C16H24Cl2N2O3S. The Morgan fingerprint density at radius 1 is 1.25 bits per heavy atom. The third-order valence-corrected chi connectivity index (χ3v) is 6.82. The van der Waals surface area contributed by atoms with Gasteiger partial charge < -0.3 is 9.64 Å². The van der Waals surface area contributed by atoms with Crippen LogP contribution in [0.25, 0.3) is 0 Å². The quantitative estimate of drug-likeness (QED) is 0.719. The van der Waals surface area contributed by atoms with Crippen LogP contribution in [0.15, 0.2) is 17.0 Å². The number of benzene rings is 1. The Morgan fingerprint density at radius 3 is 2.54 bits per heavy atom. The summed E-state index contributed by atoms with van der Waals surface area (Å²) in [4.78, 5) is 2.35. The summed E-state index contributed by atoms with van der Waals surface area (Å²) in [5.74, 6) is 1.14. The van der Waals surface area contributed by atoms with Gasteiger partial charge in [0.15, 0.2) is 0 Å². The molecular weight excluding hydrogens is 371 g/mol. The van der Waals surface area contributed by atoms with E-state index in [1.165, 1.54) is 32.1 Å². The molecule has 1 heterocycles. The summed E-state index contributed by atoms with van der Waals surface area (Å²) in [6, 6.07) is 2.90. The molecule has 0 bridgehead atoms. The molecule has 1 N–H and O–H groups in total. The van der Waals surface area contributed by atoms with Crippen LogP contribution in [-0.2, 0) is 10.0 Å². The number of piperidine rings is 1. The van der Waals surface area contributed by atoms with Gasteiger partial charge in [-0.25, -0.2) is 13.1 Å². The first-order valence-corrected chi connectivity index (χ1v) is 10.3. The standard InChI is InChI=1S/C16H24Cl2N2O3S/c1-12-6-10-20(11-7-12)9-3-8-19-24(21,22)14-5-4-13(23-2)15(17)16(14)18/h4-5,12,19H,3,6-11H2,1-2H3. The molecule has 1 fully saturated rings. The zero-order valence-electron chi connectivity index (χ0n) is 14.0. The number of nitrogens with zero attached hydrogens (tertiary/aromatic N) is 1. The van der Waals surface area contributed by atoms with Crippen LogP contribution in [0.1, 0.15) is 26.2 Å². The molecule has 8 heteroatoms. The molecule has 0 radical (unpaired) electrons. The van der Waals surface area contributed by atoms with Gasteiger partial charge in [-0.1, -0.05) is 30.1 Å². The Labute approximate surface area is 154 Å². The molecule has 5 nitrogen and oxygen atoms in total. The monoisotopic (exact) mass is 394 g/mol. The number of nitrogens with one attached hydrogen (secondary N) is 1. The number of methoxy groups -OCH3 is 1. The molecule has 1 aliphatic rings. The van der Waals surface area contributed by atoms with Crippen molar-refractivity contribution in [3.63, 3.8) is 0 Å². The van der Waals surface area contributed by atoms with Gasteiger partial charge in [-0.3, -0.25) is 0 Å². The lowest BCUT2D eigenvalue weighted by molar-refractivity contribution is 0.191. The third kappa shape index (κ3) is 4.99. The summed E-state index contributed by atoms with van der Waals surface area (Å²) in [5, 5.41) is 0.0815. The fourth-order valence-corrected chi connectivity index (χ4v) is 4.66. The van der Waals surface area contributed by atoms with Crippen molar-refractivity contribution in [2.75, 3.05) is 33.3 Å². The molecule has 1 saturated heterocycles. The van der Waals surface area contributed by atoms with Gasteiger partial charge in [0, 0.05) is 6.54 Å². The summed E-state index contributed by atoms with van der Waals surface area (Å²) in [6.07, 6.45) is 3.19. The van der Waals surface area contributed by atoms with Crippen molar-refractivity contribution in [3.05, 3.63) is 22.2 Å². The maximum atomic E-state index is 12.4. The molecule has 0 aliphatic carbocycles. The number of halogens is 2. The number of rotatable bonds is 7. The Morgan fingerprint density at radius 2 is 1.92 bits per heavy atom. The zero-order chi connectivity index (χ0) is 17.7. The van der Waals surface area contributed by atoms with Gasteiger partial charge in [0.05, 0.1) is 12.1 Å². The van der Waals surface area contributed by atoms with Crippen LogP contribution in [0.5, 0.6) is 5.75 Å². The van der Waals surface area contributed by atoms with Crippen molar-refractivity contribution in [3.8, 4) is 5.75 Å². The van der Waals surface area contributed by atoms with Crippen molar-refractivity contribution < 1.29 is 13.2 Å². The van der Waals surface area contributed by atoms with Crippen molar-refractivity contribution in [2.45, 2.75) is 31.1 Å². The van der Waals surface area contributed by atoms with E-state index in [1.807, 2.05) is 0 Å². The smallest absolute Gasteiger partial charge is 0.242 e. The summed E-state index contributed by atoms with van der Waals surface area (Å²) in [6.45, 7) is 5.72. The van der Waals surface area contributed by atoms with Crippen LogP contribution < -0.4 is 9.46 Å². The molecule has 24 heavy (non-hydrogen) atoms. The van der Waals surface area contributed by atoms with Gasteiger partial charge in [-0.05, 0) is 56.9 Å². The first-order valence-electron chi connectivity index (χ1n) is 8.09. The second-order valence-corrected chi connectivity index (χ2v) is 8.66. The van der Waals surface area contributed by atoms with E-state index in [0.29, 0.717) is 12.3 Å². The van der Waals surface area contributed by atoms with Gasteiger partial charge in [0.1, 0.15) is 15.7 Å². The summed E-state index contributed by atoms with van der Waals surface area (Å²) in [7, 11) is -2.24. The van der Waals surface area contributed by atoms with E-state index < -0.39 is 10.0 Å². The number of sulfonamides is 1. The minimum Gasteiger partial charge on any atom is -0.495 e. The van der Waals surface area contributed by atoms with Crippen molar-refractivity contribution in [1.82, 2.24) is 9.62 Å². The average Bonchev–Trinajstić information content (AvgIpc) is 2.55. The Balaban J connectivity index is 1.89. The van der Waals surface area contributed by atoms with E-state index >= 15 is 0 Å². The highest BCUT2D eigenvalue weighted by Crippen LogP contribution is 2.36. The summed E-state index contributed by atoms with van der Waals surface area (Å²) in [5.41, 5.74) is 0. The fraction of sp³-hybridized carbons (Fsp3) is 0.625. The second-order valence-electron chi connectivity index (χ2n) is 6.17. The normalized spacial score (nSPS) is 17.2. The van der Waals surface area contributed by atoms with Gasteiger partial charge >= 0.3 is 0 Å². The number of likely N-dealkylation sites (tertiary alicyclic amines) is 1. The summed E-state index contributed by atoms with van der Waals surface area (Å²) < 4.78 is 32.4. The van der Waals surface area contributed by atoms with Crippen LogP contribution in [-0.4, -0.2) is 46.6 Å². The average molecular weight is 395 g/mol. The van der Waals surface area contributed by atoms with Gasteiger partial charge in [-0.2, -0.15) is 0 Å². The molecule has 0 atom stereocenters. The number of hydrogen-bond acceptors (Lipinski definition) is 4. The molecule has 136 valence electrons. The Kier molecular flexibility index (Phi) is 7.19. The largest absolute Gasteiger partial charge is 0.495 e. The van der Waals surface area contributed by atoms with Crippen molar-refractivity contribution in [1.29, 1.82) is 0 Å². The first-order chi connectivity index (χ1) is 11.3. The van der Waals surface area contributed by atoms with E-state index in [1.54, 1.807) is 0 Å². The SMILES string of the molecule is COc1ccc(S(=O)(=O)NCCCN2CCC(C)CC2)c(Cl)c1Cl. The highest BCUT2D eigenvalue weighted by Gasteiger charge is 2.22.